The molecule has 0 aliphatic heterocycles. The highest BCUT2D eigenvalue weighted by Gasteiger charge is 2.11. The average molecular weight is 574 g/mol. The predicted octanol–water partition coefficient (Wildman–Crippen LogP) is 9.52. The number of nitrogens with zero attached hydrogens (tertiary/aromatic N) is 1. The van der Waals surface area contributed by atoms with E-state index in [-0.39, 0.29) is 6.03 Å². The second kappa shape index (κ2) is 31.5. The first-order valence-electron chi connectivity index (χ1n) is 16.5. The van der Waals surface area contributed by atoms with E-state index in [0.717, 1.165) is 18.8 Å². The summed E-state index contributed by atoms with van der Waals surface area (Å²) in [6, 6.07) is -0.0175. The van der Waals surface area contributed by atoms with Gasteiger partial charge in [0.1, 0.15) is 0 Å². The first kappa shape index (κ1) is 37.9. The maximum Gasteiger partial charge on any atom is 0.314 e. The highest BCUT2D eigenvalue weighted by atomic mass is 32.2. The van der Waals surface area contributed by atoms with Crippen LogP contribution in [-0.4, -0.2) is 67.2 Å². The van der Waals surface area contributed by atoms with Gasteiger partial charge in [-0.3, -0.25) is 0 Å². The third kappa shape index (κ3) is 30.5. The molecule has 38 heavy (non-hydrogen) atoms. The number of hydrogen-bond donors (Lipinski definition) is 2. The quantitative estimate of drug-likeness (QED) is 0.0840. The van der Waals surface area contributed by atoms with Crippen molar-refractivity contribution in [2.24, 2.45) is 0 Å². The van der Waals surface area contributed by atoms with Crippen molar-refractivity contribution in [1.82, 2.24) is 15.5 Å². The number of hydrogen-bond acceptors (Lipinski definition) is 4. The molecule has 0 saturated carbocycles. The molecule has 0 bridgehead atoms. The van der Waals surface area contributed by atoms with E-state index in [0.29, 0.717) is 11.8 Å². The van der Waals surface area contributed by atoms with Crippen LogP contribution >= 0.6 is 23.5 Å². The van der Waals surface area contributed by atoms with E-state index in [4.69, 9.17) is 0 Å². The number of urea groups is 1. The fourth-order valence-electron chi connectivity index (χ4n) is 4.57. The number of amides is 2. The van der Waals surface area contributed by atoms with E-state index in [2.05, 4.69) is 52.9 Å². The Morgan fingerprint density at radius 3 is 1.55 bits per heavy atom. The monoisotopic (exact) mass is 573 g/mol. The molecule has 1 atom stereocenters. The van der Waals surface area contributed by atoms with E-state index in [1.807, 2.05) is 14.1 Å². The SMILES string of the molecule is CCCCCCCCCCCCSCC(CNC(=O)NCCN(C)C)SCCCCCCCCCCCC. The summed E-state index contributed by atoms with van der Waals surface area (Å²) in [5.41, 5.74) is 0. The minimum atomic E-state index is -0.0175. The van der Waals surface area contributed by atoms with E-state index in [9.17, 15) is 4.79 Å². The minimum Gasteiger partial charge on any atom is -0.337 e. The highest BCUT2D eigenvalue weighted by Crippen LogP contribution is 2.20. The molecule has 0 aromatic rings. The molecule has 0 rings (SSSR count). The summed E-state index contributed by atoms with van der Waals surface area (Å²) >= 11 is 4.18. The second-order valence-electron chi connectivity index (χ2n) is 11.4. The molecule has 0 radical (unpaired) electrons. The Morgan fingerprint density at radius 1 is 0.632 bits per heavy atom. The van der Waals surface area contributed by atoms with Crippen LogP contribution in [0.2, 0.25) is 0 Å². The second-order valence-corrected chi connectivity index (χ2v) is 13.9. The van der Waals surface area contributed by atoms with Crippen LogP contribution in [0.15, 0.2) is 0 Å². The van der Waals surface area contributed by atoms with Crippen molar-refractivity contribution in [3.8, 4) is 0 Å². The first-order valence-corrected chi connectivity index (χ1v) is 18.7. The zero-order chi connectivity index (χ0) is 27.9. The fourth-order valence-corrected chi connectivity index (χ4v) is 7.11. The highest BCUT2D eigenvalue weighted by molar-refractivity contribution is 8.03. The van der Waals surface area contributed by atoms with E-state index < -0.39 is 0 Å². The Bertz CT molecular complexity index is 480. The molecule has 0 aromatic carbocycles. The van der Waals surface area contributed by atoms with E-state index in [1.54, 1.807) is 0 Å². The van der Waals surface area contributed by atoms with Crippen molar-refractivity contribution in [2.45, 2.75) is 148 Å². The number of carbonyl (C=O) groups excluding carboxylic acids is 1. The normalized spacial score (nSPS) is 12.2. The summed E-state index contributed by atoms with van der Waals surface area (Å²) in [6.45, 7) is 6.93. The molecule has 6 heteroatoms. The van der Waals surface area contributed by atoms with Crippen LogP contribution in [0.1, 0.15) is 142 Å². The summed E-state index contributed by atoms with van der Waals surface area (Å²) in [4.78, 5) is 14.3. The van der Waals surface area contributed by atoms with Gasteiger partial charge in [0.25, 0.3) is 0 Å². The largest absolute Gasteiger partial charge is 0.337 e. The number of nitrogens with one attached hydrogen (secondary N) is 2. The van der Waals surface area contributed by atoms with Gasteiger partial charge in [0.15, 0.2) is 0 Å². The molecule has 2 N–H and O–H groups in total. The predicted molar refractivity (Wildman–Crippen MR) is 177 cm³/mol. The summed E-state index contributed by atoms with van der Waals surface area (Å²) in [5, 5.41) is 6.64. The van der Waals surface area contributed by atoms with Gasteiger partial charge in [0.2, 0.25) is 0 Å². The molecular weight excluding hydrogens is 507 g/mol. The molecule has 0 fully saturated rings. The zero-order valence-electron chi connectivity index (χ0n) is 26.1. The van der Waals surface area contributed by atoms with Crippen molar-refractivity contribution in [2.75, 3.05) is 51.0 Å². The number of likely N-dealkylation sites (N-methyl/N-ethyl adjacent to an activating group) is 1. The van der Waals surface area contributed by atoms with Gasteiger partial charge < -0.3 is 15.5 Å². The van der Waals surface area contributed by atoms with Crippen LogP contribution in [0, 0.1) is 0 Å². The topological polar surface area (TPSA) is 44.4 Å². The molecule has 4 nitrogen and oxygen atoms in total. The summed E-state index contributed by atoms with van der Waals surface area (Å²) in [6.07, 6.45) is 27.9. The Labute approximate surface area is 247 Å². The maximum absolute atomic E-state index is 12.2. The molecule has 1 unspecified atom stereocenters. The lowest BCUT2D eigenvalue weighted by Gasteiger charge is -2.18. The van der Waals surface area contributed by atoms with Gasteiger partial charge in [0.05, 0.1) is 0 Å². The Kier molecular flexibility index (Phi) is 31.4. The number of carbonyl (C=O) groups is 1. The average Bonchev–Trinajstić information content (AvgIpc) is 2.90. The van der Waals surface area contributed by atoms with Crippen LogP contribution in [0.4, 0.5) is 4.79 Å². The maximum atomic E-state index is 12.2. The molecule has 0 saturated heterocycles. The first-order chi connectivity index (χ1) is 18.6. The van der Waals surface area contributed by atoms with Crippen molar-refractivity contribution in [1.29, 1.82) is 0 Å². The summed E-state index contributed by atoms with van der Waals surface area (Å²) in [5.74, 6) is 3.64. The number of thioether (sulfide) groups is 2. The van der Waals surface area contributed by atoms with E-state index >= 15 is 0 Å². The molecule has 2 amide bonds. The molecule has 0 aromatic heterocycles. The van der Waals surface area contributed by atoms with Gasteiger partial charge in [-0.1, -0.05) is 129 Å². The smallest absolute Gasteiger partial charge is 0.314 e. The van der Waals surface area contributed by atoms with Crippen LogP contribution in [-0.2, 0) is 0 Å². The fraction of sp³-hybridized carbons (Fsp3) is 0.969. The third-order valence-corrected chi connectivity index (χ3v) is 9.89. The van der Waals surface area contributed by atoms with Gasteiger partial charge in [-0.2, -0.15) is 23.5 Å². The Hall–Kier alpha value is -0.0700. The molecular formula is C32H67N3OS2. The lowest BCUT2D eigenvalue weighted by atomic mass is 10.1. The van der Waals surface area contributed by atoms with Crippen molar-refractivity contribution < 1.29 is 4.79 Å². The third-order valence-electron chi connectivity index (χ3n) is 7.13. The standard InChI is InChI=1S/C32H67N3OS2/c1-5-7-9-11-13-15-17-19-21-23-27-37-30-31(29-34-32(36)33-25-26-35(3)4)38-28-24-22-20-18-16-14-12-10-8-6-2/h31H,5-30H2,1-4H3,(H2,33,34,36). The van der Waals surface area contributed by atoms with Crippen LogP contribution < -0.4 is 10.6 Å². The molecule has 0 aliphatic carbocycles. The van der Waals surface area contributed by atoms with Crippen molar-refractivity contribution in [3.05, 3.63) is 0 Å². The molecule has 0 heterocycles. The molecule has 0 spiro atoms. The van der Waals surface area contributed by atoms with Crippen molar-refractivity contribution in [3.63, 3.8) is 0 Å². The van der Waals surface area contributed by atoms with Gasteiger partial charge in [0, 0.05) is 30.6 Å². The number of unbranched alkanes of at least 4 members (excludes halogenated alkanes) is 18. The Morgan fingerprint density at radius 2 is 1.08 bits per heavy atom. The zero-order valence-corrected chi connectivity index (χ0v) is 27.8. The minimum absolute atomic E-state index is 0.0175. The van der Waals surface area contributed by atoms with Crippen molar-refractivity contribution >= 4 is 29.6 Å². The summed E-state index contributed by atoms with van der Waals surface area (Å²) < 4.78 is 0. The molecule has 0 aliphatic rings. The van der Waals surface area contributed by atoms with Gasteiger partial charge in [-0.15, -0.1) is 0 Å². The molecule has 228 valence electrons. The van der Waals surface area contributed by atoms with Crippen LogP contribution in [0.25, 0.3) is 0 Å². The lowest BCUT2D eigenvalue weighted by Crippen LogP contribution is -2.42. The van der Waals surface area contributed by atoms with E-state index in [1.165, 1.54) is 140 Å². The Balaban J connectivity index is 3.97. The van der Waals surface area contributed by atoms with Gasteiger partial charge >= 0.3 is 6.03 Å². The van der Waals surface area contributed by atoms with Gasteiger partial charge in [-0.25, -0.2) is 4.79 Å². The van der Waals surface area contributed by atoms with Crippen LogP contribution in [0.3, 0.4) is 0 Å². The number of rotatable bonds is 30. The van der Waals surface area contributed by atoms with Gasteiger partial charge in [-0.05, 0) is 38.4 Å². The van der Waals surface area contributed by atoms with Crippen LogP contribution in [0.5, 0.6) is 0 Å². The summed E-state index contributed by atoms with van der Waals surface area (Å²) in [7, 11) is 4.07. The lowest BCUT2D eigenvalue weighted by molar-refractivity contribution is 0.239.